The Labute approximate surface area is 158 Å². The number of hydrogen-bond donors (Lipinski definition) is 0. The molecule has 1 heterocycles. The van der Waals surface area contributed by atoms with Crippen molar-refractivity contribution < 1.29 is 13.2 Å². The second kappa shape index (κ2) is 7.82. The van der Waals surface area contributed by atoms with Crippen LogP contribution in [-0.2, 0) is 14.8 Å². The maximum Gasteiger partial charge on any atom is 0.244 e. The Balaban J connectivity index is 1.63. The van der Waals surface area contributed by atoms with Gasteiger partial charge in [-0.2, -0.15) is 4.31 Å². The van der Waals surface area contributed by atoms with E-state index in [4.69, 9.17) is 23.2 Å². The van der Waals surface area contributed by atoms with E-state index in [9.17, 15) is 13.2 Å². The highest BCUT2D eigenvalue weighted by molar-refractivity contribution is 7.89. The SMILES string of the molecule is O=C(CC1CCCC1)N1CCN(S(=O)(=O)c2cccc(Cl)c2Cl)CC1. The first-order chi connectivity index (χ1) is 11.9. The van der Waals surface area contributed by atoms with Crippen LogP contribution in [0.1, 0.15) is 32.1 Å². The zero-order valence-electron chi connectivity index (χ0n) is 14.0. The summed E-state index contributed by atoms with van der Waals surface area (Å²) in [7, 11) is -3.71. The van der Waals surface area contributed by atoms with E-state index in [2.05, 4.69) is 0 Å². The molecule has 0 spiro atoms. The molecule has 1 amide bonds. The minimum atomic E-state index is -3.71. The van der Waals surface area contributed by atoms with Crippen LogP contribution in [0.2, 0.25) is 10.0 Å². The van der Waals surface area contributed by atoms with E-state index in [1.165, 1.54) is 23.2 Å². The lowest BCUT2D eigenvalue weighted by atomic mass is 10.0. The first-order valence-corrected chi connectivity index (χ1v) is 10.8. The summed E-state index contributed by atoms with van der Waals surface area (Å²) in [5, 5.41) is 0.261. The summed E-state index contributed by atoms with van der Waals surface area (Å²) < 4.78 is 27.0. The zero-order valence-corrected chi connectivity index (χ0v) is 16.3. The smallest absolute Gasteiger partial charge is 0.244 e. The fourth-order valence-electron chi connectivity index (χ4n) is 3.59. The van der Waals surface area contributed by atoms with Crippen LogP contribution in [0, 0.1) is 5.92 Å². The summed E-state index contributed by atoms with van der Waals surface area (Å²) in [5.74, 6) is 0.643. The molecule has 0 radical (unpaired) electrons. The van der Waals surface area contributed by atoms with Gasteiger partial charge < -0.3 is 4.90 Å². The maximum atomic E-state index is 12.8. The molecule has 1 saturated heterocycles. The summed E-state index contributed by atoms with van der Waals surface area (Å²) in [6.07, 6.45) is 5.28. The molecule has 8 heteroatoms. The van der Waals surface area contributed by atoms with Crippen molar-refractivity contribution in [3.8, 4) is 0 Å². The average molecular weight is 405 g/mol. The quantitative estimate of drug-likeness (QED) is 0.772. The average Bonchev–Trinajstić information content (AvgIpc) is 3.10. The lowest BCUT2D eigenvalue weighted by Crippen LogP contribution is -2.50. The summed E-state index contributed by atoms with van der Waals surface area (Å²) in [6, 6.07) is 4.59. The monoisotopic (exact) mass is 404 g/mol. The van der Waals surface area contributed by atoms with Crippen molar-refractivity contribution in [2.75, 3.05) is 26.2 Å². The number of rotatable bonds is 4. The van der Waals surface area contributed by atoms with Gasteiger partial charge in [0.2, 0.25) is 15.9 Å². The molecule has 138 valence electrons. The van der Waals surface area contributed by atoms with Crippen LogP contribution in [0.15, 0.2) is 23.1 Å². The van der Waals surface area contributed by atoms with Gasteiger partial charge in [-0.3, -0.25) is 4.79 Å². The van der Waals surface area contributed by atoms with Gasteiger partial charge >= 0.3 is 0 Å². The van der Waals surface area contributed by atoms with Gasteiger partial charge in [0.15, 0.2) is 0 Å². The van der Waals surface area contributed by atoms with E-state index < -0.39 is 10.0 Å². The molecular formula is C17H22Cl2N2O3S. The minimum Gasteiger partial charge on any atom is -0.340 e. The molecule has 25 heavy (non-hydrogen) atoms. The molecule has 1 saturated carbocycles. The normalized spacial score (nSPS) is 20.2. The first kappa shape index (κ1) is 19.0. The molecular weight excluding hydrogens is 383 g/mol. The van der Waals surface area contributed by atoms with Crippen LogP contribution < -0.4 is 0 Å². The Morgan fingerprint density at radius 3 is 2.36 bits per heavy atom. The van der Waals surface area contributed by atoms with Crippen molar-refractivity contribution in [3.63, 3.8) is 0 Å². The van der Waals surface area contributed by atoms with E-state index in [-0.39, 0.29) is 33.9 Å². The van der Waals surface area contributed by atoms with E-state index in [0.717, 1.165) is 12.8 Å². The van der Waals surface area contributed by atoms with Gasteiger partial charge in [-0.15, -0.1) is 0 Å². The van der Waals surface area contributed by atoms with Crippen molar-refractivity contribution in [1.82, 2.24) is 9.21 Å². The van der Waals surface area contributed by atoms with E-state index >= 15 is 0 Å². The highest BCUT2D eigenvalue weighted by Crippen LogP contribution is 2.32. The third kappa shape index (κ3) is 4.13. The zero-order chi connectivity index (χ0) is 18.0. The number of halogens is 2. The van der Waals surface area contributed by atoms with E-state index in [1.54, 1.807) is 17.0 Å². The standard InChI is InChI=1S/C17H22Cl2N2O3S/c18-14-6-3-7-15(17(14)19)25(23,24)21-10-8-20(9-11-21)16(22)12-13-4-1-2-5-13/h3,6-7,13H,1-2,4-5,8-12H2. The molecule has 3 rings (SSSR count). The van der Waals surface area contributed by atoms with Gasteiger partial charge in [0, 0.05) is 32.6 Å². The molecule has 1 aromatic rings. The fraction of sp³-hybridized carbons (Fsp3) is 0.588. The van der Waals surface area contributed by atoms with Crippen molar-refractivity contribution in [2.45, 2.75) is 37.0 Å². The number of carbonyl (C=O) groups is 1. The number of amides is 1. The molecule has 0 unspecified atom stereocenters. The summed E-state index contributed by atoms with van der Waals surface area (Å²) in [5.41, 5.74) is 0. The Bertz CT molecular complexity index is 740. The Kier molecular flexibility index (Phi) is 5.93. The van der Waals surface area contributed by atoms with Crippen molar-refractivity contribution in [2.24, 2.45) is 5.92 Å². The fourth-order valence-corrected chi connectivity index (χ4v) is 5.75. The molecule has 5 nitrogen and oxygen atoms in total. The topological polar surface area (TPSA) is 57.7 Å². The van der Waals surface area contributed by atoms with Gasteiger partial charge in [0.25, 0.3) is 0 Å². The number of piperazine rings is 1. The molecule has 0 aromatic heterocycles. The summed E-state index contributed by atoms with van der Waals surface area (Å²) >= 11 is 12.0. The van der Waals surface area contributed by atoms with Crippen LogP contribution in [-0.4, -0.2) is 49.7 Å². The second-order valence-corrected chi connectivity index (χ2v) is 9.38. The Hall–Kier alpha value is -0.820. The van der Waals surface area contributed by atoms with Crippen LogP contribution >= 0.6 is 23.2 Å². The van der Waals surface area contributed by atoms with Crippen LogP contribution in [0.5, 0.6) is 0 Å². The Morgan fingerprint density at radius 2 is 1.72 bits per heavy atom. The molecule has 0 N–H and O–H groups in total. The van der Waals surface area contributed by atoms with Crippen LogP contribution in [0.4, 0.5) is 0 Å². The second-order valence-electron chi connectivity index (χ2n) is 6.69. The number of carbonyl (C=O) groups excluding carboxylic acids is 1. The van der Waals surface area contributed by atoms with E-state index in [1.807, 2.05) is 0 Å². The lowest BCUT2D eigenvalue weighted by molar-refractivity contribution is -0.133. The third-order valence-corrected chi connectivity index (χ3v) is 7.94. The molecule has 1 aromatic carbocycles. The van der Waals surface area contributed by atoms with Gasteiger partial charge in [-0.05, 0) is 30.9 Å². The van der Waals surface area contributed by atoms with Crippen molar-refractivity contribution >= 4 is 39.1 Å². The molecule has 0 atom stereocenters. The molecule has 1 aliphatic carbocycles. The predicted molar refractivity (Wildman–Crippen MR) is 98.4 cm³/mol. The van der Waals surface area contributed by atoms with Crippen molar-refractivity contribution in [1.29, 1.82) is 0 Å². The molecule has 0 bridgehead atoms. The van der Waals surface area contributed by atoms with E-state index in [0.29, 0.717) is 25.4 Å². The van der Waals surface area contributed by atoms with Gasteiger partial charge in [0.05, 0.1) is 10.0 Å². The highest BCUT2D eigenvalue weighted by atomic mass is 35.5. The number of sulfonamides is 1. The van der Waals surface area contributed by atoms with Gasteiger partial charge in [-0.1, -0.05) is 42.1 Å². The number of benzene rings is 1. The number of nitrogens with zero attached hydrogens (tertiary/aromatic N) is 2. The first-order valence-electron chi connectivity index (χ1n) is 8.61. The molecule has 2 aliphatic rings. The summed E-state index contributed by atoms with van der Waals surface area (Å²) in [4.78, 5) is 14.2. The third-order valence-electron chi connectivity index (χ3n) is 5.06. The number of hydrogen-bond acceptors (Lipinski definition) is 3. The van der Waals surface area contributed by atoms with Gasteiger partial charge in [-0.25, -0.2) is 8.42 Å². The maximum absolute atomic E-state index is 12.8. The van der Waals surface area contributed by atoms with Gasteiger partial charge in [0.1, 0.15) is 4.90 Å². The largest absolute Gasteiger partial charge is 0.340 e. The highest BCUT2D eigenvalue weighted by Gasteiger charge is 2.32. The molecule has 1 aliphatic heterocycles. The Morgan fingerprint density at radius 1 is 1.08 bits per heavy atom. The van der Waals surface area contributed by atoms with Crippen LogP contribution in [0.3, 0.4) is 0 Å². The predicted octanol–water partition coefficient (Wildman–Crippen LogP) is 3.41. The summed E-state index contributed by atoms with van der Waals surface area (Å²) in [6.45, 7) is 1.40. The minimum absolute atomic E-state index is 0.0207. The van der Waals surface area contributed by atoms with Crippen LogP contribution in [0.25, 0.3) is 0 Å². The molecule has 2 fully saturated rings. The lowest BCUT2D eigenvalue weighted by Gasteiger charge is -2.34. The van der Waals surface area contributed by atoms with Crippen molar-refractivity contribution in [3.05, 3.63) is 28.2 Å².